The molecular weight excluding hydrogens is 312 g/mol. The Bertz CT molecular complexity index is 839. The van der Waals surface area contributed by atoms with Crippen molar-refractivity contribution in [2.45, 2.75) is 32.1 Å². The highest BCUT2D eigenvalue weighted by atomic mass is 32.1. The summed E-state index contributed by atoms with van der Waals surface area (Å²) >= 11 is 1.76. The Morgan fingerprint density at radius 3 is 2.96 bits per heavy atom. The summed E-state index contributed by atoms with van der Waals surface area (Å²) in [4.78, 5) is 14.4. The molecule has 6 nitrogen and oxygen atoms in total. The number of non-ortho nitro benzene ring substituents is 1. The van der Waals surface area contributed by atoms with E-state index in [2.05, 4.69) is 27.5 Å². The van der Waals surface area contributed by atoms with Gasteiger partial charge in [-0.2, -0.15) is 5.10 Å². The minimum atomic E-state index is -0.360. The van der Waals surface area contributed by atoms with Gasteiger partial charge in [0.25, 0.3) is 5.69 Å². The third-order valence-corrected chi connectivity index (χ3v) is 5.02. The number of nitrogens with zero attached hydrogens (tertiary/aromatic N) is 4. The molecule has 2 heterocycles. The van der Waals surface area contributed by atoms with Crippen LogP contribution in [0.25, 0.3) is 10.9 Å². The Kier molecular flexibility index (Phi) is 3.59. The largest absolute Gasteiger partial charge is 0.276 e. The van der Waals surface area contributed by atoms with E-state index in [1.54, 1.807) is 29.7 Å². The molecule has 0 unspecified atom stereocenters. The summed E-state index contributed by atoms with van der Waals surface area (Å²) in [7, 11) is 0. The second-order valence-electron chi connectivity index (χ2n) is 5.84. The highest BCUT2D eigenvalue weighted by Gasteiger charge is 2.29. The Morgan fingerprint density at radius 1 is 1.39 bits per heavy atom. The third-order valence-electron chi connectivity index (χ3n) is 4.16. The minimum Gasteiger partial charge on any atom is -0.276 e. The van der Waals surface area contributed by atoms with Crippen LogP contribution in [-0.2, 0) is 13.2 Å². The van der Waals surface area contributed by atoms with Crippen molar-refractivity contribution in [3.05, 3.63) is 56.9 Å². The second kappa shape index (κ2) is 5.75. The van der Waals surface area contributed by atoms with Crippen molar-refractivity contribution < 1.29 is 4.92 Å². The molecule has 3 aromatic rings. The van der Waals surface area contributed by atoms with Gasteiger partial charge in [-0.25, -0.2) is 0 Å². The Labute approximate surface area is 137 Å². The van der Waals surface area contributed by atoms with E-state index in [1.807, 2.05) is 4.68 Å². The standard InChI is InChI=1S/C16H16N4O2S/c21-20(22)14-4-3-12-9-17-19(16(12)8-14)11-18(13-5-6-13)10-15-2-1-7-23-15/h1-4,7-9,13H,5-6,10-11H2. The van der Waals surface area contributed by atoms with Crippen molar-refractivity contribution in [1.29, 1.82) is 0 Å². The van der Waals surface area contributed by atoms with Gasteiger partial charge in [0.2, 0.25) is 0 Å². The van der Waals surface area contributed by atoms with Crippen LogP contribution in [0.4, 0.5) is 5.69 Å². The Hall–Kier alpha value is -2.25. The lowest BCUT2D eigenvalue weighted by Crippen LogP contribution is -2.28. The van der Waals surface area contributed by atoms with E-state index >= 15 is 0 Å². The fourth-order valence-electron chi connectivity index (χ4n) is 2.79. The molecule has 1 aliphatic rings. The number of rotatable bonds is 6. The maximum absolute atomic E-state index is 11.0. The summed E-state index contributed by atoms with van der Waals surface area (Å²) in [5.41, 5.74) is 0.923. The number of nitro groups is 1. The van der Waals surface area contributed by atoms with Gasteiger partial charge in [0, 0.05) is 35.0 Å². The van der Waals surface area contributed by atoms with Crippen molar-refractivity contribution in [1.82, 2.24) is 14.7 Å². The average molecular weight is 328 g/mol. The van der Waals surface area contributed by atoms with Crippen LogP contribution in [0.2, 0.25) is 0 Å². The lowest BCUT2D eigenvalue weighted by molar-refractivity contribution is -0.384. The van der Waals surface area contributed by atoms with Gasteiger partial charge in [0.1, 0.15) is 0 Å². The maximum atomic E-state index is 11.0. The van der Waals surface area contributed by atoms with E-state index in [0.717, 1.165) is 17.4 Å². The van der Waals surface area contributed by atoms with Crippen LogP contribution < -0.4 is 0 Å². The number of nitro benzene ring substituents is 1. The molecule has 0 radical (unpaired) electrons. The summed E-state index contributed by atoms with van der Waals surface area (Å²) < 4.78 is 1.87. The first kappa shape index (κ1) is 14.3. The van der Waals surface area contributed by atoms with E-state index in [4.69, 9.17) is 0 Å². The zero-order valence-electron chi connectivity index (χ0n) is 12.5. The van der Waals surface area contributed by atoms with E-state index in [-0.39, 0.29) is 10.6 Å². The number of hydrogen-bond donors (Lipinski definition) is 0. The first-order valence-electron chi connectivity index (χ1n) is 7.57. The first-order chi connectivity index (χ1) is 11.2. The lowest BCUT2D eigenvalue weighted by atomic mass is 10.2. The van der Waals surface area contributed by atoms with Crippen LogP contribution in [0.15, 0.2) is 41.9 Å². The highest BCUT2D eigenvalue weighted by molar-refractivity contribution is 7.09. The van der Waals surface area contributed by atoms with Gasteiger partial charge in [-0.05, 0) is 30.4 Å². The normalized spacial score (nSPS) is 14.7. The summed E-state index contributed by atoms with van der Waals surface area (Å²) in [6, 6.07) is 9.70. The van der Waals surface area contributed by atoms with Crippen LogP contribution in [-0.4, -0.2) is 25.6 Å². The Balaban J connectivity index is 1.62. The molecule has 0 amide bonds. The molecule has 23 heavy (non-hydrogen) atoms. The van der Waals surface area contributed by atoms with Crippen LogP contribution >= 0.6 is 11.3 Å². The zero-order valence-corrected chi connectivity index (χ0v) is 13.3. The zero-order chi connectivity index (χ0) is 15.8. The van der Waals surface area contributed by atoms with Crippen molar-refractivity contribution in [3.8, 4) is 0 Å². The molecular formula is C16H16N4O2S. The van der Waals surface area contributed by atoms with Crippen LogP contribution in [0, 0.1) is 10.1 Å². The number of aromatic nitrogens is 2. The first-order valence-corrected chi connectivity index (χ1v) is 8.45. The molecule has 0 N–H and O–H groups in total. The van der Waals surface area contributed by atoms with E-state index in [9.17, 15) is 10.1 Å². The van der Waals surface area contributed by atoms with Crippen molar-refractivity contribution in [2.75, 3.05) is 0 Å². The van der Waals surface area contributed by atoms with Gasteiger partial charge in [-0.3, -0.25) is 19.7 Å². The van der Waals surface area contributed by atoms with Gasteiger partial charge in [0.15, 0.2) is 0 Å². The average Bonchev–Trinajstić information content (AvgIpc) is 3.13. The third kappa shape index (κ3) is 2.97. The molecule has 0 saturated heterocycles. The van der Waals surface area contributed by atoms with Gasteiger partial charge in [-0.1, -0.05) is 6.07 Å². The molecule has 0 atom stereocenters. The van der Waals surface area contributed by atoms with Crippen LogP contribution in [0.5, 0.6) is 0 Å². The van der Waals surface area contributed by atoms with E-state index in [1.165, 1.54) is 23.8 Å². The number of hydrogen-bond acceptors (Lipinski definition) is 5. The minimum absolute atomic E-state index is 0.107. The highest BCUT2D eigenvalue weighted by Crippen LogP contribution is 2.30. The SMILES string of the molecule is O=[N+]([O-])c1ccc2cnn(CN(Cc3cccs3)C3CC3)c2c1. The molecule has 1 aromatic carbocycles. The Morgan fingerprint density at radius 2 is 2.26 bits per heavy atom. The summed E-state index contributed by atoms with van der Waals surface area (Å²) in [5.74, 6) is 0. The fraction of sp³-hybridized carbons (Fsp3) is 0.312. The molecule has 0 bridgehead atoms. The molecule has 0 spiro atoms. The van der Waals surface area contributed by atoms with Gasteiger partial charge in [0.05, 0.1) is 23.3 Å². The molecule has 1 fully saturated rings. The van der Waals surface area contributed by atoms with Gasteiger partial charge >= 0.3 is 0 Å². The predicted octanol–water partition coefficient (Wildman–Crippen LogP) is 3.63. The molecule has 1 saturated carbocycles. The lowest BCUT2D eigenvalue weighted by Gasteiger charge is -2.21. The molecule has 118 valence electrons. The smallest absolute Gasteiger partial charge is 0.271 e. The van der Waals surface area contributed by atoms with Gasteiger partial charge < -0.3 is 0 Å². The molecule has 4 rings (SSSR count). The van der Waals surface area contributed by atoms with Crippen molar-refractivity contribution in [3.63, 3.8) is 0 Å². The number of fused-ring (bicyclic) bond motifs is 1. The number of thiophene rings is 1. The number of benzene rings is 1. The topological polar surface area (TPSA) is 64.2 Å². The van der Waals surface area contributed by atoms with E-state index in [0.29, 0.717) is 12.7 Å². The predicted molar refractivity (Wildman–Crippen MR) is 89.3 cm³/mol. The fourth-order valence-corrected chi connectivity index (χ4v) is 3.52. The van der Waals surface area contributed by atoms with Crippen molar-refractivity contribution >= 4 is 27.9 Å². The molecule has 2 aromatic heterocycles. The second-order valence-corrected chi connectivity index (χ2v) is 6.88. The van der Waals surface area contributed by atoms with Crippen LogP contribution in [0.1, 0.15) is 17.7 Å². The quantitative estimate of drug-likeness (QED) is 0.512. The molecule has 7 heteroatoms. The maximum Gasteiger partial charge on any atom is 0.271 e. The van der Waals surface area contributed by atoms with Crippen LogP contribution in [0.3, 0.4) is 0 Å². The summed E-state index contributed by atoms with van der Waals surface area (Å²) in [6.45, 7) is 1.56. The van der Waals surface area contributed by atoms with Crippen molar-refractivity contribution in [2.24, 2.45) is 0 Å². The summed E-state index contributed by atoms with van der Waals surface area (Å²) in [5, 5.41) is 18.5. The monoisotopic (exact) mass is 328 g/mol. The molecule has 0 aliphatic heterocycles. The summed E-state index contributed by atoms with van der Waals surface area (Å²) in [6.07, 6.45) is 4.20. The van der Waals surface area contributed by atoms with E-state index < -0.39 is 0 Å². The van der Waals surface area contributed by atoms with Gasteiger partial charge in [-0.15, -0.1) is 11.3 Å². The molecule has 1 aliphatic carbocycles.